The molecule has 0 unspecified atom stereocenters. The van der Waals surface area contributed by atoms with Crippen LogP contribution in [0.15, 0.2) is 0 Å². The highest BCUT2D eigenvalue weighted by Gasteiger charge is 1.91. The molecule has 1 nitrogen and oxygen atoms in total. The van der Waals surface area contributed by atoms with Gasteiger partial charge in [0.25, 0.3) is 0 Å². The monoisotopic (exact) mass is 439 g/mol. The van der Waals surface area contributed by atoms with E-state index in [9.17, 15) is 0 Å². The molecule has 0 heterocycles. The highest BCUT2D eigenvalue weighted by atomic mass is 127. The fourth-order valence-electron chi connectivity index (χ4n) is 1.65. The maximum absolute atomic E-state index is 5.44. The minimum absolute atomic E-state index is 0. The third-order valence-electron chi connectivity index (χ3n) is 2.59. The largest absolute Gasteiger partial charge is 0.330 e. The summed E-state index contributed by atoms with van der Waals surface area (Å²) < 4.78 is 1.33. The Balaban J connectivity index is 0. The van der Waals surface area contributed by atoms with E-state index in [0.29, 0.717) is 0 Å². The molecular formula is C12H27I2N. The van der Waals surface area contributed by atoms with Crippen LogP contribution >= 0.6 is 46.6 Å². The summed E-state index contributed by atoms with van der Waals surface area (Å²) in [4.78, 5) is 0. The third kappa shape index (κ3) is 18.0. The number of hydrogen-bond acceptors (Lipinski definition) is 1. The van der Waals surface area contributed by atoms with E-state index in [1.807, 2.05) is 0 Å². The highest BCUT2D eigenvalue weighted by molar-refractivity contribution is 14.1. The number of rotatable bonds is 11. The van der Waals surface area contributed by atoms with Crippen LogP contribution < -0.4 is 5.73 Å². The normalized spacial score (nSPS) is 10.0. The van der Waals surface area contributed by atoms with Crippen molar-refractivity contribution in [2.45, 2.75) is 64.2 Å². The quantitative estimate of drug-likeness (QED) is 0.277. The Labute approximate surface area is 126 Å². The number of nitrogens with two attached hydrogens (primary N) is 1. The Hall–Kier alpha value is 1.42. The van der Waals surface area contributed by atoms with Gasteiger partial charge in [0.15, 0.2) is 0 Å². The molecule has 3 heteroatoms. The molecule has 0 amide bonds. The van der Waals surface area contributed by atoms with Gasteiger partial charge in [-0.2, -0.15) is 0 Å². The first-order valence-corrected chi connectivity index (χ1v) is 7.70. The van der Waals surface area contributed by atoms with Gasteiger partial charge in [-0.25, -0.2) is 0 Å². The van der Waals surface area contributed by atoms with Gasteiger partial charge >= 0.3 is 0 Å². The van der Waals surface area contributed by atoms with Crippen molar-refractivity contribution < 1.29 is 0 Å². The van der Waals surface area contributed by atoms with E-state index in [4.69, 9.17) is 5.73 Å². The Bertz CT molecular complexity index is 87.6. The fraction of sp³-hybridized carbons (Fsp3) is 1.00. The summed E-state index contributed by atoms with van der Waals surface area (Å²) in [5.41, 5.74) is 5.44. The second kappa shape index (κ2) is 17.8. The van der Waals surface area contributed by atoms with Gasteiger partial charge in [-0.05, 0) is 23.8 Å². The van der Waals surface area contributed by atoms with Crippen LogP contribution in [0.1, 0.15) is 64.2 Å². The molecular weight excluding hydrogens is 412 g/mol. The predicted molar refractivity (Wildman–Crippen MR) is 89.5 cm³/mol. The average molecular weight is 439 g/mol. The number of halogens is 2. The van der Waals surface area contributed by atoms with E-state index in [1.54, 1.807) is 0 Å². The summed E-state index contributed by atoms with van der Waals surface area (Å²) in [5.74, 6) is 0. The Morgan fingerprint density at radius 2 is 0.933 bits per heavy atom. The van der Waals surface area contributed by atoms with Crippen molar-refractivity contribution in [2.24, 2.45) is 5.73 Å². The molecule has 0 rings (SSSR count). The molecule has 0 radical (unpaired) electrons. The molecule has 0 fully saturated rings. The van der Waals surface area contributed by atoms with E-state index in [0.717, 1.165) is 6.54 Å². The second-order valence-corrected chi connectivity index (χ2v) is 5.09. The van der Waals surface area contributed by atoms with Gasteiger partial charge in [0.2, 0.25) is 0 Å². The van der Waals surface area contributed by atoms with Crippen LogP contribution in [-0.2, 0) is 0 Å². The van der Waals surface area contributed by atoms with Crippen molar-refractivity contribution in [3.05, 3.63) is 0 Å². The maximum atomic E-state index is 5.44. The number of hydrogen-bond donors (Lipinski definition) is 1. The molecule has 94 valence electrons. The molecule has 0 saturated heterocycles. The first kappa shape index (κ1) is 18.8. The average Bonchev–Trinajstić information content (AvgIpc) is 2.21. The molecule has 0 aromatic carbocycles. The Morgan fingerprint density at radius 3 is 1.27 bits per heavy atom. The van der Waals surface area contributed by atoms with Crippen molar-refractivity contribution in [3.8, 4) is 0 Å². The lowest BCUT2D eigenvalue weighted by Crippen LogP contribution is -1.97. The van der Waals surface area contributed by atoms with Crippen LogP contribution in [-0.4, -0.2) is 11.0 Å². The first-order valence-electron chi connectivity index (χ1n) is 6.18. The van der Waals surface area contributed by atoms with Gasteiger partial charge in [0, 0.05) is 0 Å². The summed E-state index contributed by atoms with van der Waals surface area (Å²) in [6, 6.07) is 0. The van der Waals surface area contributed by atoms with E-state index in [2.05, 4.69) is 22.6 Å². The minimum Gasteiger partial charge on any atom is -0.330 e. The first-order chi connectivity index (χ1) is 6.91. The third-order valence-corrected chi connectivity index (χ3v) is 3.35. The summed E-state index contributed by atoms with van der Waals surface area (Å²) in [5, 5.41) is 0. The summed E-state index contributed by atoms with van der Waals surface area (Å²) >= 11 is 2.46. The van der Waals surface area contributed by atoms with E-state index >= 15 is 0 Å². The molecule has 15 heavy (non-hydrogen) atoms. The molecule has 0 spiro atoms. The maximum Gasteiger partial charge on any atom is -0.000473 e. The minimum atomic E-state index is 0. The van der Waals surface area contributed by atoms with Crippen LogP contribution in [0.25, 0.3) is 0 Å². The zero-order valence-corrected chi connectivity index (χ0v) is 14.3. The molecule has 2 N–H and O–H groups in total. The van der Waals surface area contributed by atoms with Crippen LogP contribution in [0.5, 0.6) is 0 Å². The lowest BCUT2D eigenvalue weighted by Gasteiger charge is -2.01. The van der Waals surface area contributed by atoms with Crippen LogP contribution in [0.3, 0.4) is 0 Å². The van der Waals surface area contributed by atoms with Gasteiger partial charge in [-0.15, -0.1) is 24.0 Å². The second-order valence-electron chi connectivity index (χ2n) is 4.01. The lowest BCUT2D eigenvalue weighted by molar-refractivity contribution is 0.559. The molecule has 0 bridgehead atoms. The van der Waals surface area contributed by atoms with Gasteiger partial charge in [0.1, 0.15) is 0 Å². The van der Waals surface area contributed by atoms with Crippen molar-refractivity contribution in [1.82, 2.24) is 0 Å². The van der Waals surface area contributed by atoms with Gasteiger partial charge < -0.3 is 5.73 Å². The Morgan fingerprint density at radius 1 is 0.600 bits per heavy atom. The molecule has 0 atom stereocenters. The van der Waals surface area contributed by atoms with Crippen LogP contribution in [0, 0.1) is 0 Å². The molecule has 0 aliphatic rings. The zero-order chi connectivity index (χ0) is 10.5. The fourth-order valence-corrected chi connectivity index (χ4v) is 2.19. The SMILES string of the molecule is I.NCCCCCCCCCCCCI. The predicted octanol–water partition coefficient (Wildman–Crippen LogP) is 4.90. The van der Waals surface area contributed by atoms with Crippen LogP contribution in [0.2, 0.25) is 0 Å². The number of unbranched alkanes of at least 4 members (excludes halogenated alkanes) is 9. The smallest absolute Gasteiger partial charge is 0.000473 e. The van der Waals surface area contributed by atoms with Gasteiger partial charge in [-0.1, -0.05) is 74.0 Å². The summed E-state index contributed by atoms with van der Waals surface area (Å²) in [7, 11) is 0. The topological polar surface area (TPSA) is 26.0 Å². The summed E-state index contributed by atoms with van der Waals surface area (Å²) in [6.07, 6.45) is 14.0. The van der Waals surface area contributed by atoms with Crippen molar-refractivity contribution in [1.29, 1.82) is 0 Å². The highest BCUT2D eigenvalue weighted by Crippen LogP contribution is 2.10. The van der Waals surface area contributed by atoms with E-state index in [-0.39, 0.29) is 24.0 Å². The van der Waals surface area contributed by atoms with Crippen LogP contribution in [0.4, 0.5) is 0 Å². The molecule has 0 saturated carbocycles. The van der Waals surface area contributed by atoms with E-state index < -0.39 is 0 Å². The molecule has 0 aliphatic carbocycles. The molecule has 0 aromatic heterocycles. The van der Waals surface area contributed by atoms with Gasteiger partial charge in [-0.3, -0.25) is 0 Å². The van der Waals surface area contributed by atoms with Crippen molar-refractivity contribution in [3.63, 3.8) is 0 Å². The van der Waals surface area contributed by atoms with Crippen molar-refractivity contribution in [2.75, 3.05) is 11.0 Å². The standard InChI is InChI=1S/C12H26IN.HI/c13-11-9-7-5-3-1-2-4-6-8-10-12-14;/h1-12,14H2;1H. The lowest BCUT2D eigenvalue weighted by atomic mass is 10.1. The number of alkyl halides is 1. The molecule has 0 aliphatic heterocycles. The van der Waals surface area contributed by atoms with Crippen molar-refractivity contribution >= 4 is 46.6 Å². The summed E-state index contributed by atoms with van der Waals surface area (Å²) in [6.45, 7) is 0.871. The zero-order valence-electron chi connectivity index (χ0n) is 9.85. The van der Waals surface area contributed by atoms with E-state index in [1.165, 1.54) is 68.6 Å². The Kier molecular flexibility index (Phi) is 22.3. The van der Waals surface area contributed by atoms with Gasteiger partial charge in [0.05, 0.1) is 0 Å². The molecule has 0 aromatic rings.